The van der Waals surface area contributed by atoms with Gasteiger partial charge in [0.05, 0.1) is 5.56 Å². The van der Waals surface area contributed by atoms with E-state index >= 15 is 0 Å². The molecular formula is C15H23NOS. The highest BCUT2D eigenvalue weighted by molar-refractivity contribution is 7.80. The summed E-state index contributed by atoms with van der Waals surface area (Å²) in [5.41, 5.74) is 0.650. The second-order valence-corrected chi connectivity index (χ2v) is 5.70. The molecular weight excluding hydrogens is 242 g/mol. The number of hydrogen-bond acceptors (Lipinski definition) is 2. The summed E-state index contributed by atoms with van der Waals surface area (Å²) < 4.78 is 0. The number of benzene rings is 1. The second kappa shape index (κ2) is 7.47. The maximum Gasteiger partial charge on any atom is 0.252 e. The average Bonchev–Trinajstić information content (AvgIpc) is 2.28. The van der Waals surface area contributed by atoms with Gasteiger partial charge in [-0.15, -0.1) is 12.6 Å². The summed E-state index contributed by atoms with van der Waals surface area (Å²) in [4.78, 5) is 12.7. The Kier molecular flexibility index (Phi) is 6.27. The first-order chi connectivity index (χ1) is 8.50. The van der Waals surface area contributed by atoms with E-state index in [-0.39, 0.29) is 11.9 Å². The Hall–Kier alpha value is -0.960. The molecule has 0 aliphatic heterocycles. The van der Waals surface area contributed by atoms with E-state index in [0.717, 1.165) is 23.7 Å². The van der Waals surface area contributed by atoms with Crippen LogP contribution in [0.2, 0.25) is 0 Å². The van der Waals surface area contributed by atoms with E-state index in [4.69, 9.17) is 0 Å². The summed E-state index contributed by atoms with van der Waals surface area (Å²) in [6, 6.07) is 7.59. The van der Waals surface area contributed by atoms with Gasteiger partial charge < -0.3 is 5.32 Å². The van der Waals surface area contributed by atoms with Crippen LogP contribution in [0.1, 0.15) is 50.4 Å². The van der Waals surface area contributed by atoms with Gasteiger partial charge in [-0.05, 0) is 31.4 Å². The molecule has 1 amide bonds. The lowest BCUT2D eigenvalue weighted by molar-refractivity contribution is 0.0935. The number of thiol groups is 1. The molecule has 1 aromatic rings. The Morgan fingerprint density at radius 3 is 2.50 bits per heavy atom. The Bertz CT molecular complexity index is 390. The second-order valence-electron chi connectivity index (χ2n) is 5.22. The van der Waals surface area contributed by atoms with Crippen LogP contribution in [0, 0.1) is 5.92 Å². The molecule has 0 aliphatic rings. The molecule has 0 spiro atoms. The molecule has 0 bridgehead atoms. The topological polar surface area (TPSA) is 29.1 Å². The minimum Gasteiger partial charge on any atom is -0.350 e. The molecule has 1 atom stereocenters. The molecule has 0 saturated heterocycles. The van der Waals surface area contributed by atoms with E-state index in [2.05, 4.69) is 38.7 Å². The van der Waals surface area contributed by atoms with Crippen molar-refractivity contribution < 1.29 is 4.79 Å². The summed E-state index contributed by atoms with van der Waals surface area (Å²) in [6.45, 7) is 6.50. The minimum atomic E-state index is -0.0300. The largest absolute Gasteiger partial charge is 0.350 e. The van der Waals surface area contributed by atoms with Crippen LogP contribution in [0.5, 0.6) is 0 Å². The van der Waals surface area contributed by atoms with Gasteiger partial charge in [-0.1, -0.05) is 38.8 Å². The van der Waals surface area contributed by atoms with Crippen LogP contribution >= 0.6 is 12.6 Å². The number of carbonyl (C=O) groups is 1. The Balaban J connectivity index is 2.43. The molecule has 1 rings (SSSR count). The lowest BCUT2D eigenvalue weighted by Crippen LogP contribution is -2.32. The van der Waals surface area contributed by atoms with Crippen molar-refractivity contribution >= 4 is 18.5 Å². The molecule has 18 heavy (non-hydrogen) atoms. The van der Waals surface area contributed by atoms with Crippen molar-refractivity contribution in [3.8, 4) is 0 Å². The third-order valence-electron chi connectivity index (χ3n) is 2.94. The molecule has 1 unspecified atom stereocenters. The van der Waals surface area contributed by atoms with Crippen LogP contribution < -0.4 is 5.32 Å². The molecule has 0 heterocycles. The van der Waals surface area contributed by atoms with Crippen LogP contribution in [0.3, 0.4) is 0 Å². The first-order valence-corrected chi connectivity index (χ1v) is 7.04. The highest BCUT2D eigenvalue weighted by Crippen LogP contribution is 2.13. The van der Waals surface area contributed by atoms with Gasteiger partial charge in [-0.2, -0.15) is 0 Å². The first kappa shape index (κ1) is 15.1. The Labute approximate surface area is 116 Å². The zero-order valence-electron chi connectivity index (χ0n) is 11.4. The lowest BCUT2D eigenvalue weighted by Gasteiger charge is -2.15. The zero-order chi connectivity index (χ0) is 13.5. The molecule has 0 aliphatic carbocycles. The fourth-order valence-corrected chi connectivity index (χ4v) is 2.13. The van der Waals surface area contributed by atoms with Crippen LogP contribution in [-0.2, 0) is 0 Å². The Morgan fingerprint density at radius 2 is 1.89 bits per heavy atom. The van der Waals surface area contributed by atoms with E-state index < -0.39 is 0 Å². The molecule has 100 valence electrons. The first-order valence-electron chi connectivity index (χ1n) is 6.59. The van der Waals surface area contributed by atoms with Crippen LogP contribution in [0.15, 0.2) is 29.2 Å². The van der Waals surface area contributed by atoms with Crippen molar-refractivity contribution in [1.29, 1.82) is 0 Å². The third kappa shape index (κ3) is 5.13. The van der Waals surface area contributed by atoms with Crippen molar-refractivity contribution in [2.45, 2.75) is 51.0 Å². The van der Waals surface area contributed by atoms with Crippen LogP contribution in [0.25, 0.3) is 0 Å². The van der Waals surface area contributed by atoms with E-state index in [1.165, 1.54) is 6.42 Å². The van der Waals surface area contributed by atoms with Gasteiger partial charge in [0.25, 0.3) is 5.91 Å². The monoisotopic (exact) mass is 265 g/mol. The smallest absolute Gasteiger partial charge is 0.252 e. The maximum absolute atomic E-state index is 12.0. The van der Waals surface area contributed by atoms with Crippen LogP contribution in [0.4, 0.5) is 0 Å². The molecule has 0 fully saturated rings. The highest BCUT2D eigenvalue weighted by Gasteiger charge is 2.11. The zero-order valence-corrected chi connectivity index (χ0v) is 12.3. The number of nitrogens with one attached hydrogen (secondary N) is 1. The fourth-order valence-electron chi connectivity index (χ4n) is 1.87. The van der Waals surface area contributed by atoms with E-state index in [9.17, 15) is 4.79 Å². The third-order valence-corrected chi connectivity index (χ3v) is 3.33. The standard InChI is InChI=1S/C15H23NOS/c1-11(2)7-6-8-12(3)16-15(17)13-9-4-5-10-14(13)18/h4-5,9-12,18H,6-8H2,1-3H3,(H,16,17). The fraction of sp³-hybridized carbons (Fsp3) is 0.533. The summed E-state index contributed by atoms with van der Waals surface area (Å²) >= 11 is 4.30. The summed E-state index contributed by atoms with van der Waals surface area (Å²) in [7, 11) is 0. The molecule has 1 aromatic carbocycles. The van der Waals surface area contributed by atoms with Crippen molar-refractivity contribution in [3.63, 3.8) is 0 Å². The SMILES string of the molecule is CC(C)CCCC(C)NC(=O)c1ccccc1S. The molecule has 3 heteroatoms. The normalized spacial score (nSPS) is 12.5. The van der Waals surface area contributed by atoms with E-state index in [1.54, 1.807) is 6.07 Å². The van der Waals surface area contributed by atoms with E-state index in [1.807, 2.05) is 18.2 Å². The quantitative estimate of drug-likeness (QED) is 0.750. The van der Waals surface area contributed by atoms with Crippen LogP contribution in [-0.4, -0.2) is 11.9 Å². The van der Waals surface area contributed by atoms with Gasteiger partial charge in [0.2, 0.25) is 0 Å². The number of amides is 1. The predicted octanol–water partition coefficient (Wildman–Crippen LogP) is 3.92. The molecule has 0 radical (unpaired) electrons. The molecule has 2 nitrogen and oxygen atoms in total. The average molecular weight is 265 g/mol. The number of carbonyl (C=O) groups excluding carboxylic acids is 1. The Morgan fingerprint density at radius 1 is 1.22 bits per heavy atom. The van der Waals surface area contributed by atoms with Crippen molar-refractivity contribution in [2.24, 2.45) is 5.92 Å². The van der Waals surface area contributed by atoms with Crippen molar-refractivity contribution in [3.05, 3.63) is 29.8 Å². The number of rotatable bonds is 6. The van der Waals surface area contributed by atoms with Gasteiger partial charge in [-0.25, -0.2) is 0 Å². The predicted molar refractivity (Wildman–Crippen MR) is 79.3 cm³/mol. The van der Waals surface area contributed by atoms with Gasteiger partial charge in [0, 0.05) is 10.9 Å². The summed E-state index contributed by atoms with van der Waals surface area (Å²) in [6.07, 6.45) is 3.39. The van der Waals surface area contributed by atoms with Gasteiger partial charge in [-0.3, -0.25) is 4.79 Å². The van der Waals surface area contributed by atoms with Gasteiger partial charge in [0.1, 0.15) is 0 Å². The molecule has 0 saturated carbocycles. The highest BCUT2D eigenvalue weighted by atomic mass is 32.1. The van der Waals surface area contributed by atoms with Gasteiger partial charge in [0.15, 0.2) is 0 Å². The lowest BCUT2D eigenvalue weighted by atomic mass is 10.0. The van der Waals surface area contributed by atoms with Gasteiger partial charge >= 0.3 is 0 Å². The van der Waals surface area contributed by atoms with Crippen molar-refractivity contribution in [1.82, 2.24) is 5.32 Å². The number of hydrogen-bond donors (Lipinski definition) is 2. The summed E-state index contributed by atoms with van der Waals surface area (Å²) in [5, 5.41) is 3.02. The minimum absolute atomic E-state index is 0.0300. The maximum atomic E-state index is 12.0. The molecule has 0 aromatic heterocycles. The van der Waals surface area contributed by atoms with E-state index in [0.29, 0.717) is 5.56 Å². The summed E-state index contributed by atoms with van der Waals surface area (Å²) in [5.74, 6) is 0.698. The van der Waals surface area contributed by atoms with Crippen molar-refractivity contribution in [2.75, 3.05) is 0 Å². The molecule has 1 N–H and O–H groups in total.